The second kappa shape index (κ2) is 6.56. The summed E-state index contributed by atoms with van der Waals surface area (Å²) in [7, 11) is 0. The molecule has 1 aromatic heterocycles. The number of nitrogens with one attached hydrogen (secondary N) is 1. The molecule has 1 unspecified atom stereocenters. The maximum Gasteiger partial charge on any atom is 0.0172 e. The van der Waals surface area contributed by atoms with Crippen LogP contribution in [-0.4, -0.2) is 24.1 Å². The highest BCUT2D eigenvalue weighted by atomic mass is 32.2. The lowest BCUT2D eigenvalue weighted by molar-refractivity contribution is 0.598. The van der Waals surface area contributed by atoms with E-state index in [4.69, 9.17) is 0 Å². The van der Waals surface area contributed by atoms with Crippen molar-refractivity contribution in [2.45, 2.75) is 30.9 Å². The Labute approximate surface area is 101 Å². The van der Waals surface area contributed by atoms with E-state index in [1.165, 1.54) is 43.5 Å². The Morgan fingerprint density at radius 2 is 2.40 bits per heavy atom. The van der Waals surface area contributed by atoms with E-state index in [2.05, 4.69) is 33.9 Å². The molecule has 1 nitrogen and oxygen atoms in total. The molecule has 0 radical (unpaired) electrons. The van der Waals surface area contributed by atoms with E-state index in [1.54, 1.807) is 11.3 Å². The van der Waals surface area contributed by atoms with Crippen molar-refractivity contribution in [1.82, 2.24) is 5.32 Å². The van der Waals surface area contributed by atoms with Crippen molar-refractivity contribution >= 4 is 23.1 Å². The van der Waals surface area contributed by atoms with E-state index in [-0.39, 0.29) is 0 Å². The zero-order chi connectivity index (χ0) is 10.3. The van der Waals surface area contributed by atoms with Crippen molar-refractivity contribution in [3.05, 3.63) is 22.4 Å². The molecule has 2 rings (SSSR count). The fourth-order valence-corrected chi connectivity index (χ4v) is 3.88. The second-order valence-corrected chi connectivity index (χ2v) is 6.26. The molecule has 2 heterocycles. The van der Waals surface area contributed by atoms with E-state index in [0.29, 0.717) is 0 Å². The Morgan fingerprint density at radius 3 is 3.13 bits per heavy atom. The molecular formula is C12H19NS2. The van der Waals surface area contributed by atoms with Gasteiger partial charge in [-0.2, -0.15) is 23.1 Å². The van der Waals surface area contributed by atoms with Crippen LogP contribution >= 0.6 is 23.1 Å². The molecule has 0 aliphatic carbocycles. The van der Waals surface area contributed by atoms with Crippen LogP contribution in [0, 0.1) is 0 Å². The zero-order valence-corrected chi connectivity index (χ0v) is 10.7. The zero-order valence-electron chi connectivity index (χ0n) is 9.08. The van der Waals surface area contributed by atoms with Gasteiger partial charge in [-0.25, -0.2) is 0 Å². The molecule has 0 spiro atoms. The van der Waals surface area contributed by atoms with E-state index >= 15 is 0 Å². The number of thioether (sulfide) groups is 1. The van der Waals surface area contributed by atoms with Crippen molar-refractivity contribution in [2.24, 2.45) is 0 Å². The van der Waals surface area contributed by atoms with Gasteiger partial charge >= 0.3 is 0 Å². The molecule has 1 aliphatic rings. The Hall–Kier alpha value is 0.01000. The van der Waals surface area contributed by atoms with Crippen molar-refractivity contribution in [3.8, 4) is 0 Å². The summed E-state index contributed by atoms with van der Waals surface area (Å²) < 4.78 is 0. The lowest BCUT2D eigenvalue weighted by Gasteiger charge is -2.21. The van der Waals surface area contributed by atoms with Crippen LogP contribution in [0.5, 0.6) is 0 Å². The van der Waals surface area contributed by atoms with Crippen LogP contribution in [0.15, 0.2) is 16.8 Å². The third-order valence-electron chi connectivity index (χ3n) is 2.82. The maximum atomic E-state index is 3.58. The smallest absolute Gasteiger partial charge is 0.0172 e. The highest BCUT2D eigenvalue weighted by molar-refractivity contribution is 7.99. The number of thiophene rings is 1. The Balaban J connectivity index is 1.54. The minimum Gasteiger partial charge on any atom is -0.315 e. The van der Waals surface area contributed by atoms with Crippen LogP contribution in [0.3, 0.4) is 0 Å². The monoisotopic (exact) mass is 241 g/mol. The molecule has 0 amide bonds. The summed E-state index contributed by atoms with van der Waals surface area (Å²) in [6.45, 7) is 2.34. The summed E-state index contributed by atoms with van der Waals surface area (Å²) in [5, 5.41) is 8.86. The Bertz CT molecular complexity index is 253. The first kappa shape index (κ1) is 11.5. The van der Waals surface area contributed by atoms with E-state index in [9.17, 15) is 0 Å². The molecule has 84 valence electrons. The van der Waals surface area contributed by atoms with E-state index in [0.717, 1.165) is 11.8 Å². The largest absolute Gasteiger partial charge is 0.315 e. The van der Waals surface area contributed by atoms with Gasteiger partial charge in [-0.3, -0.25) is 0 Å². The third-order valence-corrected chi connectivity index (χ3v) is 4.95. The van der Waals surface area contributed by atoms with Gasteiger partial charge in [-0.1, -0.05) is 6.42 Å². The van der Waals surface area contributed by atoms with Gasteiger partial charge in [0.15, 0.2) is 0 Å². The normalized spacial score (nSPS) is 21.7. The fourth-order valence-electron chi connectivity index (χ4n) is 1.90. The van der Waals surface area contributed by atoms with Crippen LogP contribution in [0.2, 0.25) is 0 Å². The molecule has 0 saturated carbocycles. The van der Waals surface area contributed by atoms with Crippen LogP contribution in [0.4, 0.5) is 0 Å². The molecule has 1 atom stereocenters. The predicted octanol–water partition coefficient (Wildman–Crippen LogP) is 3.17. The summed E-state index contributed by atoms with van der Waals surface area (Å²) in [5.74, 6) is 1.37. The molecule has 0 bridgehead atoms. The standard InChI is InChI=1S/C12H19NS2/c1-2-7-15-12(3-1)9-13-6-4-11-5-8-14-10-11/h5,8,10,12-13H,1-4,6-7,9H2. The van der Waals surface area contributed by atoms with Gasteiger partial charge < -0.3 is 5.32 Å². The summed E-state index contributed by atoms with van der Waals surface area (Å²) in [6.07, 6.45) is 5.46. The summed E-state index contributed by atoms with van der Waals surface area (Å²) >= 11 is 3.94. The molecule has 1 fully saturated rings. The molecule has 3 heteroatoms. The average Bonchev–Trinajstić information content (AvgIpc) is 2.79. The van der Waals surface area contributed by atoms with E-state index in [1.807, 2.05) is 0 Å². The first-order valence-electron chi connectivity index (χ1n) is 5.78. The fraction of sp³-hybridized carbons (Fsp3) is 0.667. The minimum atomic E-state index is 0.876. The Morgan fingerprint density at radius 1 is 1.40 bits per heavy atom. The minimum absolute atomic E-state index is 0.876. The van der Waals surface area contributed by atoms with Crippen LogP contribution in [-0.2, 0) is 6.42 Å². The van der Waals surface area contributed by atoms with Crippen molar-refractivity contribution in [3.63, 3.8) is 0 Å². The number of rotatable bonds is 5. The highest BCUT2D eigenvalue weighted by Crippen LogP contribution is 2.24. The van der Waals surface area contributed by atoms with Crippen molar-refractivity contribution in [1.29, 1.82) is 0 Å². The lowest BCUT2D eigenvalue weighted by Crippen LogP contribution is -2.28. The molecule has 1 aliphatic heterocycles. The SMILES string of the molecule is c1cc(CCNCC2CCCCS2)cs1. The maximum absolute atomic E-state index is 3.58. The van der Waals surface area contributed by atoms with Gasteiger partial charge in [0.1, 0.15) is 0 Å². The van der Waals surface area contributed by atoms with Gasteiger partial charge in [0.2, 0.25) is 0 Å². The highest BCUT2D eigenvalue weighted by Gasteiger charge is 2.12. The third kappa shape index (κ3) is 4.17. The molecule has 1 N–H and O–H groups in total. The van der Waals surface area contributed by atoms with Crippen LogP contribution < -0.4 is 5.32 Å². The predicted molar refractivity (Wildman–Crippen MR) is 71.0 cm³/mol. The van der Waals surface area contributed by atoms with Gasteiger partial charge in [-0.05, 0) is 54.0 Å². The first-order chi connectivity index (χ1) is 7.45. The van der Waals surface area contributed by atoms with E-state index < -0.39 is 0 Å². The quantitative estimate of drug-likeness (QED) is 0.795. The molecule has 1 saturated heterocycles. The molecule has 0 aromatic carbocycles. The van der Waals surface area contributed by atoms with Crippen molar-refractivity contribution in [2.75, 3.05) is 18.8 Å². The molecular weight excluding hydrogens is 222 g/mol. The molecule has 1 aromatic rings. The van der Waals surface area contributed by atoms with Crippen molar-refractivity contribution < 1.29 is 0 Å². The number of hydrogen-bond donors (Lipinski definition) is 1. The Kier molecular flexibility index (Phi) is 5.03. The van der Waals surface area contributed by atoms with Crippen LogP contribution in [0.1, 0.15) is 24.8 Å². The lowest BCUT2D eigenvalue weighted by atomic mass is 10.2. The second-order valence-electron chi connectivity index (χ2n) is 4.07. The topological polar surface area (TPSA) is 12.0 Å². The first-order valence-corrected chi connectivity index (χ1v) is 7.78. The summed E-state index contributed by atoms with van der Waals surface area (Å²) in [4.78, 5) is 0. The number of hydrogen-bond acceptors (Lipinski definition) is 3. The summed E-state index contributed by atoms with van der Waals surface area (Å²) in [6, 6.07) is 2.22. The van der Waals surface area contributed by atoms with Gasteiger partial charge in [0.25, 0.3) is 0 Å². The van der Waals surface area contributed by atoms with Gasteiger partial charge in [0.05, 0.1) is 0 Å². The average molecular weight is 241 g/mol. The van der Waals surface area contributed by atoms with Gasteiger partial charge in [0, 0.05) is 11.8 Å². The summed E-state index contributed by atoms with van der Waals surface area (Å²) in [5.41, 5.74) is 1.48. The molecule has 15 heavy (non-hydrogen) atoms. The van der Waals surface area contributed by atoms with Crippen LogP contribution in [0.25, 0.3) is 0 Å². The van der Waals surface area contributed by atoms with Gasteiger partial charge in [-0.15, -0.1) is 0 Å².